The van der Waals surface area contributed by atoms with Gasteiger partial charge in [-0.2, -0.15) is 0 Å². The maximum atomic E-state index is 12.3. The lowest BCUT2D eigenvalue weighted by Crippen LogP contribution is -2.43. The van der Waals surface area contributed by atoms with Crippen LogP contribution in [0.15, 0.2) is 46.9 Å². The Bertz CT molecular complexity index is 773. The number of carbonyl (C=O) groups is 1. The summed E-state index contributed by atoms with van der Waals surface area (Å²) in [5, 5.41) is 12.8. The van der Waals surface area contributed by atoms with Gasteiger partial charge in [0.05, 0.1) is 5.56 Å². The van der Waals surface area contributed by atoms with Crippen molar-refractivity contribution in [2.45, 2.75) is 13.1 Å². The average Bonchev–Trinajstić information content (AvgIpc) is 2.62. The third kappa shape index (κ3) is 5.06. The third-order valence-electron chi connectivity index (χ3n) is 4.65. The molecule has 0 spiro atoms. The van der Waals surface area contributed by atoms with Gasteiger partial charge in [0.1, 0.15) is 5.75 Å². The van der Waals surface area contributed by atoms with Crippen molar-refractivity contribution >= 4 is 21.8 Å². The molecule has 0 bridgehead atoms. The number of benzene rings is 2. The molecule has 1 fully saturated rings. The van der Waals surface area contributed by atoms with Crippen LogP contribution >= 0.6 is 15.9 Å². The number of hydrogen-bond donors (Lipinski definition) is 2. The number of phenolic OH excluding ortho intramolecular Hbond substituents is 1. The Morgan fingerprint density at radius 1 is 1.12 bits per heavy atom. The lowest BCUT2D eigenvalue weighted by Gasteiger charge is -2.32. The first-order valence-electron chi connectivity index (χ1n) is 8.77. The standard InChI is InChI=1S/C20H24BrN3O2/c1-23-7-9-24(10-8-23)14-16-4-2-3-15(11-16)13-22-20(26)18-6-5-17(21)12-19(18)25/h2-6,11-12,25H,7-10,13-14H2,1H3,(H,22,26). The number of amides is 1. The maximum Gasteiger partial charge on any atom is 0.255 e. The van der Waals surface area contributed by atoms with Crippen LogP contribution in [0.3, 0.4) is 0 Å². The van der Waals surface area contributed by atoms with Crippen molar-refractivity contribution < 1.29 is 9.90 Å². The molecule has 1 aliphatic rings. The van der Waals surface area contributed by atoms with Crippen LogP contribution in [-0.2, 0) is 13.1 Å². The molecule has 0 aliphatic carbocycles. The number of piperazine rings is 1. The van der Waals surface area contributed by atoms with Gasteiger partial charge in [-0.1, -0.05) is 40.2 Å². The summed E-state index contributed by atoms with van der Waals surface area (Å²) < 4.78 is 0.739. The van der Waals surface area contributed by atoms with E-state index in [0.717, 1.165) is 42.8 Å². The Hall–Kier alpha value is -1.89. The average molecular weight is 418 g/mol. The molecule has 1 amide bonds. The van der Waals surface area contributed by atoms with E-state index in [1.165, 1.54) is 11.6 Å². The summed E-state index contributed by atoms with van der Waals surface area (Å²) >= 11 is 3.27. The van der Waals surface area contributed by atoms with Crippen LogP contribution in [-0.4, -0.2) is 54.0 Å². The van der Waals surface area contributed by atoms with Gasteiger partial charge in [-0.3, -0.25) is 9.69 Å². The highest BCUT2D eigenvalue weighted by molar-refractivity contribution is 9.10. The zero-order chi connectivity index (χ0) is 18.5. The molecule has 2 N–H and O–H groups in total. The van der Waals surface area contributed by atoms with E-state index in [4.69, 9.17) is 0 Å². The normalized spacial score (nSPS) is 15.8. The van der Waals surface area contributed by atoms with Crippen molar-refractivity contribution in [3.05, 3.63) is 63.6 Å². The largest absolute Gasteiger partial charge is 0.507 e. The molecule has 3 rings (SSSR count). The third-order valence-corrected chi connectivity index (χ3v) is 5.14. The van der Waals surface area contributed by atoms with Crippen LogP contribution in [0, 0.1) is 0 Å². The fraction of sp³-hybridized carbons (Fsp3) is 0.350. The van der Waals surface area contributed by atoms with Crippen molar-refractivity contribution in [3.63, 3.8) is 0 Å². The van der Waals surface area contributed by atoms with Crippen LogP contribution in [0.25, 0.3) is 0 Å². The lowest BCUT2D eigenvalue weighted by molar-refractivity contribution is 0.0948. The molecule has 1 aliphatic heterocycles. The molecule has 2 aromatic carbocycles. The highest BCUT2D eigenvalue weighted by Crippen LogP contribution is 2.22. The predicted molar refractivity (Wildman–Crippen MR) is 106 cm³/mol. The van der Waals surface area contributed by atoms with Crippen LogP contribution in [0.1, 0.15) is 21.5 Å². The minimum absolute atomic E-state index is 0.0271. The Morgan fingerprint density at radius 3 is 2.58 bits per heavy atom. The van der Waals surface area contributed by atoms with Gasteiger partial charge in [0, 0.05) is 43.7 Å². The first-order chi connectivity index (χ1) is 12.5. The lowest BCUT2D eigenvalue weighted by atomic mass is 10.1. The van der Waals surface area contributed by atoms with Crippen LogP contribution in [0.2, 0.25) is 0 Å². The molecule has 0 aromatic heterocycles. The first kappa shape index (κ1) is 18.9. The maximum absolute atomic E-state index is 12.3. The van der Waals surface area contributed by atoms with Crippen LogP contribution < -0.4 is 5.32 Å². The summed E-state index contributed by atoms with van der Waals surface area (Å²) in [5.74, 6) is -0.305. The van der Waals surface area contributed by atoms with E-state index < -0.39 is 0 Å². The monoisotopic (exact) mass is 417 g/mol. The fourth-order valence-electron chi connectivity index (χ4n) is 3.08. The molecule has 5 nitrogen and oxygen atoms in total. The van der Waals surface area contributed by atoms with E-state index in [2.05, 4.69) is 50.2 Å². The number of aromatic hydroxyl groups is 1. The summed E-state index contributed by atoms with van der Waals surface area (Å²) in [7, 11) is 2.16. The number of likely N-dealkylation sites (N-methyl/N-ethyl adjacent to an activating group) is 1. The molecule has 138 valence electrons. The summed E-state index contributed by atoms with van der Waals surface area (Å²) in [4.78, 5) is 17.1. The van der Waals surface area contributed by atoms with Gasteiger partial charge < -0.3 is 15.3 Å². The summed E-state index contributed by atoms with van der Waals surface area (Å²) in [6, 6.07) is 13.2. The van der Waals surface area contributed by atoms with E-state index in [1.807, 2.05) is 12.1 Å². The van der Waals surface area contributed by atoms with Crippen molar-refractivity contribution in [2.24, 2.45) is 0 Å². The van der Waals surface area contributed by atoms with Crippen LogP contribution in [0.4, 0.5) is 0 Å². The summed E-state index contributed by atoms with van der Waals surface area (Å²) in [6.45, 7) is 5.74. The van der Waals surface area contributed by atoms with Gasteiger partial charge >= 0.3 is 0 Å². The van der Waals surface area contributed by atoms with Gasteiger partial charge in [-0.25, -0.2) is 0 Å². The Kier molecular flexibility index (Phi) is 6.29. The van der Waals surface area contributed by atoms with Gasteiger partial charge in [0.2, 0.25) is 0 Å². The minimum Gasteiger partial charge on any atom is -0.507 e. The van der Waals surface area contributed by atoms with Crippen molar-refractivity contribution in [1.82, 2.24) is 15.1 Å². The van der Waals surface area contributed by atoms with Crippen molar-refractivity contribution in [1.29, 1.82) is 0 Å². The quantitative estimate of drug-likeness (QED) is 0.784. The number of nitrogens with one attached hydrogen (secondary N) is 1. The van der Waals surface area contributed by atoms with Gasteiger partial charge in [0.15, 0.2) is 0 Å². The molecule has 2 aromatic rings. The Labute approximate surface area is 162 Å². The fourth-order valence-corrected chi connectivity index (χ4v) is 3.43. The second-order valence-electron chi connectivity index (χ2n) is 6.74. The van der Waals surface area contributed by atoms with Gasteiger partial charge in [-0.15, -0.1) is 0 Å². The highest BCUT2D eigenvalue weighted by atomic mass is 79.9. The highest BCUT2D eigenvalue weighted by Gasteiger charge is 2.14. The molecule has 26 heavy (non-hydrogen) atoms. The number of rotatable bonds is 5. The number of halogens is 1. The predicted octanol–water partition coefficient (Wildman–Crippen LogP) is 2.83. The summed E-state index contributed by atoms with van der Waals surface area (Å²) in [6.07, 6.45) is 0. The van der Waals surface area contributed by atoms with Crippen LogP contribution in [0.5, 0.6) is 5.75 Å². The molecule has 0 atom stereocenters. The van der Waals surface area contributed by atoms with E-state index in [9.17, 15) is 9.90 Å². The number of phenols is 1. The second-order valence-corrected chi connectivity index (χ2v) is 7.66. The molecule has 1 saturated heterocycles. The SMILES string of the molecule is CN1CCN(Cc2cccc(CNC(=O)c3ccc(Br)cc3O)c2)CC1. The molecule has 0 radical (unpaired) electrons. The first-order valence-corrected chi connectivity index (χ1v) is 9.56. The molecular formula is C20H24BrN3O2. The molecule has 0 saturated carbocycles. The van der Waals surface area contributed by atoms with Gasteiger partial charge in [-0.05, 0) is 36.4 Å². The molecule has 1 heterocycles. The van der Waals surface area contributed by atoms with E-state index in [-0.39, 0.29) is 17.2 Å². The number of nitrogens with zero attached hydrogens (tertiary/aromatic N) is 2. The molecular weight excluding hydrogens is 394 g/mol. The van der Waals surface area contributed by atoms with Crippen molar-refractivity contribution in [2.75, 3.05) is 33.2 Å². The Morgan fingerprint density at radius 2 is 1.85 bits per heavy atom. The van der Waals surface area contributed by atoms with E-state index in [0.29, 0.717) is 6.54 Å². The minimum atomic E-state index is -0.278. The smallest absolute Gasteiger partial charge is 0.255 e. The molecule has 6 heteroatoms. The zero-order valence-corrected chi connectivity index (χ0v) is 16.5. The zero-order valence-electron chi connectivity index (χ0n) is 14.9. The molecule has 0 unspecified atom stereocenters. The Balaban J connectivity index is 1.57. The van der Waals surface area contributed by atoms with Gasteiger partial charge in [0.25, 0.3) is 5.91 Å². The van der Waals surface area contributed by atoms with Crippen molar-refractivity contribution in [3.8, 4) is 5.75 Å². The van der Waals surface area contributed by atoms with E-state index >= 15 is 0 Å². The second kappa shape index (κ2) is 8.66. The summed E-state index contributed by atoms with van der Waals surface area (Å²) in [5.41, 5.74) is 2.59. The number of hydrogen-bond acceptors (Lipinski definition) is 4. The topological polar surface area (TPSA) is 55.8 Å². The number of carbonyl (C=O) groups excluding carboxylic acids is 1. The van der Waals surface area contributed by atoms with E-state index in [1.54, 1.807) is 12.1 Å².